The van der Waals surface area contributed by atoms with Gasteiger partial charge in [-0.25, -0.2) is 0 Å². The number of nitro groups is 1. The van der Waals surface area contributed by atoms with E-state index in [-0.39, 0.29) is 17.6 Å². The van der Waals surface area contributed by atoms with Gasteiger partial charge in [0.1, 0.15) is 6.61 Å². The normalized spacial score (nSPS) is 33.7. The van der Waals surface area contributed by atoms with Crippen molar-refractivity contribution in [1.29, 1.82) is 0 Å². The van der Waals surface area contributed by atoms with Crippen LogP contribution >= 0.6 is 0 Å². The molecular formula is C6H11NO3. The van der Waals surface area contributed by atoms with Crippen molar-refractivity contribution < 1.29 is 9.66 Å². The SMILES string of the molecule is CC1CCC([N+](=O)[O-])CO1. The van der Waals surface area contributed by atoms with E-state index in [1.807, 2.05) is 6.92 Å². The predicted octanol–water partition coefficient (Wildman–Crippen LogP) is 0.831. The molecule has 1 saturated heterocycles. The summed E-state index contributed by atoms with van der Waals surface area (Å²) >= 11 is 0. The molecule has 1 aliphatic heterocycles. The van der Waals surface area contributed by atoms with Gasteiger partial charge in [0, 0.05) is 11.3 Å². The molecule has 0 radical (unpaired) electrons. The highest BCUT2D eigenvalue weighted by molar-refractivity contribution is 4.65. The van der Waals surface area contributed by atoms with Gasteiger partial charge in [0.25, 0.3) is 0 Å². The number of ether oxygens (including phenoxy) is 1. The van der Waals surface area contributed by atoms with E-state index in [9.17, 15) is 10.1 Å². The van der Waals surface area contributed by atoms with Gasteiger partial charge >= 0.3 is 0 Å². The first-order valence-electron chi connectivity index (χ1n) is 3.45. The van der Waals surface area contributed by atoms with E-state index in [1.165, 1.54) is 0 Å². The van der Waals surface area contributed by atoms with Crippen LogP contribution in [0.1, 0.15) is 19.8 Å². The summed E-state index contributed by atoms with van der Waals surface area (Å²) in [6.07, 6.45) is 1.68. The van der Waals surface area contributed by atoms with Gasteiger partial charge in [0.05, 0.1) is 6.10 Å². The Morgan fingerprint density at radius 2 is 2.30 bits per heavy atom. The van der Waals surface area contributed by atoms with Gasteiger partial charge in [-0.15, -0.1) is 0 Å². The van der Waals surface area contributed by atoms with Gasteiger partial charge in [0.2, 0.25) is 6.04 Å². The van der Waals surface area contributed by atoms with E-state index >= 15 is 0 Å². The second kappa shape index (κ2) is 2.96. The summed E-state index contributed by atoms with van der Waals surface area (Å²) in [6.45, 7) is 2.23. The van der Waals surface area contributed by atoms with Crippen LogP contribution in [0.15, 0.2) is 0 Å². The summed E-state index contributed by atoms with van der Waals surface area (Å²) in [7, 11) is 0. The summed E-state index contributed by atoms with van der Waals surface area (Å²) < 4.78 is 5.11. The molecule has 4 nitrogen and oxygen atoms in total. The molecule has 0 aromatic carbocycles. The molecule has 2 atom stereocenters. The molecule has 58 valence electrons. The van der Waals surface area contributed by atoms with Crippen LogP contribution in [0.3, 0.4) is 0 Å². The Labute approximate surface area is 59.3 Å². The van der Waals surface area contributed by atoms with Gasteiger partial charge < -0.3 is 4.74 Å². The molecule has 1 aliphatic rings. The zero-order chi connectivity index (χ0) is 7.56. The average molecular weight is 145 g/mol. The van der Waals surface area contributed by atoms with Crippen LogP contribution in [0.5, 0.6) is 0 Å². The molecule has 4 heteroatoms. The Bertz CT molecular complexity index is 129. The molecule has 0 bridgehead atoms. The standard InChI is InChI=1S/C6H11NO3/c1-5-2-3-6(4-10-5)7(8)9/h5-6H,2-4H2,1H3. The highest BCUT2D eigenvalue weighted by atomic mass is 16.6. The van der Waals surface area contributed by atoms with Crippen molar-refractivity contribution in [3.63, 3.8) is 0 Å². The summed E-state index contributed by atoms with van der Waals surface area (Å²) in [5.74, 6) is 0. The summed E-state index contributed by atoms with van der Waals surface area (Å²) in [4.78, 5) is 9.93. The molecule has 0 spiro atoms. The van der Waals surface area contributed by atoms with Crippen molar-refractivity contribution in [2.75, 3.05) is 6.61 Å². The lowest BCUT2D eigenvalue weighted by Gasteiger charge is -2.20. The minimum Gasteiger partial charge on any atom is -0.371 e. The molecule has 1 fully saturated rings. The third-order valence-electron chi connectivity index (χ3n) is 1.78. The van der Waals surface area contributed by atoms with Crippen LogP contribution in [0, 0.1) is 10.1 Å². The summed E-state index contributed by atoms with van der Waals surface area (Å²) in [5.41, 5.74) is 0. The zero-order valence-corrected chi connectivity index (χ0v) is 5.95. The summed E-state index contributed by atoms with van der Waals surface area (Å²) in [5, 5.41) is 10.2. The van der Waals surface area contributed by atoms with E-state index in [1.54, 1.807) is 0 Å². The molecule has 0 amide bonds. The maximum absolute atomic E-state index is 10.2. The zero-order valence-electron chi connectivity index (χ0n) is 5.95. The van der Waals surface area contributed by atoms with Gasteiger partial charge in [-0.3, -0.25) is 10.1 Å². The van der Waals surface area contributed by atoms with Crippen LogP contribution < -0.4 is 0 Å². The molecule has 2 unspecified atom stereocenters. The van der Waals surface area contributed by atoms with Crippen LogP contribution in [-0.4, -0.2) is 23.7 Å². The lowest BCUT2D eigenvalue weighted by atomic mass is 10.1. The van der Waals surface area contributed by atoms with E-state index in [2.05, 4.69) is 0 Å². The minimum atomic E-state index is -0.462. The number of nitrogens with zero attached hydrogens (tertiary/aromatic N) is 1. The van der Waals surface area contributed by atoms with Gasteiger partial charge in [0.15, 0.2) is 0 Å². The fourth-order valence-electron chi connectivity index (χ4n) is 1.04. The Morgan fingerprint density at radius 3 is 2.70 bits per heavy atom. The van der Waals surface area contributed by atoms with Gasteiger partial charge in [-0.1, -0.05) is 0 Å². The van der Waals surface area contributed by atoms with E-state index in [0.717, 1.165) is 6.42 Å². The largest absolute Gasteiger partial charge is 0.371 e. The molecule has 1 heterocycles. The second-order valence-electron chi connectivity index (χ2n) is 2.66. The second-order valence-corrected chi connectivity index (χ2v) is 2.66. The quantitative estimate of drug-likeness (QED) is 0.405. The molecular weight excluding hydrogens is 134 g/mol. The third-order valence-corrected chi connectivity index (χ3v) is 1.78. The molecule has 1 rings (SSSR count). The van der Waals surface area contributed by atoms with Crippen LogP contribution in [0.25, 0.3) is 0 Å². The topological polar surface area (TPSA) is 52.4 Å². The molecule has 10 heavy (non-hydrogen) atoms. The van der Waals surface area contributed by atoms with Gasteiger partial charge in [-0.05, 0) is 13.3 Å². The van der Waals surface area contributed by atoms with Crippen LogP contribution in [0.4, 0.5) is 0 Å². The Kier molecular flexibility index (Phi) is 2.21. The fraction of sp³-hybridized carbons (Fsp3) is 1.00. The monoisotopic (exact) mass is 145 g/mol. The Balaban J connectivity index is 2.33. The first kappa shape index (κ1) is 7.47. The van der Waals surface area contributed by atoms with Crippen molar-refractivity contribution in [3.05, 3.63) is 10.1 Å². The molecule has 0 aromatic rings. The van der Waals surface area contributed by atoms with E-state index < -0.39 is 6.04 Å². The summed E-state index contributed by atoms with van der Waals surface area (Å²) in [6, 6.07) is -0.462. The maximum atomic E-state index is 10.2. The predicted molar refractivity (Wildman–Crippen MR) is 35.4 cm³/mol. The number of hydrogen-bond acceptors (Lipinski definition) is 3. The van der Waals surface area contributed by atoms with E-state index in [4.69, 9.17) is 4.74 Å². The first-order chi connectivity index (χ1) is 4.70. The van der Waals surface area contributed by atoms with Crippen LogP contribution in [0.2, 0.25) is 0 Å². The fourth-order valence-corrected chi connectivity index (χ4v) is 1.04. The van der Waals surface area contributed by atoms with Crippen molar-refractivity contribution in [2.24, 2.45) is 0 Å². The number of hydrogen-bond donors (Lipinski definition) is 0. The average Bonchev–Trinajstić information content (AvgIpc) is 1.88. The van der Waals surface area contributed by atoms with Crippen molar-refractivity contribution in [1.82, 2.24) is 0 Å². The molecule has 0 saturated carbocycles. The molecule has 0 aromatic heterocycles. The maximum Gasteiger partial charge on any atom is 0.236 e. The third kappa shape index (κ3) is 1.67. The Morgan fingerprint density at radius 1 is 1.60 bits per heavy atom. The van der Waals surface area contributed by atoms with E-state index in [0.29, 0.717) is 6.42 Å². The molecule has 0 aliphatic carbocycles. The van der Waals surface area contributed by atoms with Crippen molar-refractivity contribution in [2.45, 2.75) is 31.9 Å². The highest BCUT2D eigenvalue weighted by Crippen LogP contribution is 2.14. The van der Waals surface area contributed by atoms with Crippen molar-refractivity contribution in [3.8, 4) is 0 Å². The van der Waals surface area contributed by atoms with Gasteiger partial charge in [-0.2, -0.15) is 0 Å². The highest BCUT2D eigenvalue weighted by Gasteiger charge is 2.26. The number of rotatable bonds is 1. The first-order valence-corrected chi connectivity index (χ1v) is 3.45. The smallest absolute Gasteiger partial charge is 0.236 e. The lowest BCUT2D eigenvalue weighted by molar-refractivity contribution is -0.532. The van der Waals surface area contributed by atoms with Crippen LogP contribution in [-0.2, 0) is 4.74 Å². The Hall–Kier alpha value is -0.640. The lowest BCUT2D eigenvalue weighted by Crippen LogP contribution is -2.33. The van der Waals surface area contributed by atoms with Crippen molar-refractivity contribution >= 4 is 0 Å². The molecule has 0 N–H and O–H groups in total. The minimum absolute atomic E-state index is 0.205.